The average molecular weight is 323 g/mol. The molecule has 0 spiro atoms. The lowest BCUT2D eigenvalue weighted by atomic mass is 10.2. The second kappa shape index (κ2) is 5.36. The molecule has 4 nitrogen and oxygen atoms in total. The number of benzene rings is 1. The molecule has 0 saturated carbocycles. The van der Waals surface area contributed by atoms with Crippen LogP contribution in [0.2, 0.25) is 5.15 Å². The van der Waals surface area contributed by atoms with Crippen molar-refractivity contribution in [2.75, 3.05) is 0 Å². The fourth-order valence-electron chi connectivity index (χ4n) is 1.74. The summed E-state index contributed by atoms with van der Waals surface area (Å²) in [5, 5.41) is 11.4. The lowest BCUT2D eigenvalue weighted by molar-refractivity contribution is -0.142. The Hall–Kier alpha value is -2.09. The molecular formula is C12H7ClF4N2O2. The number of aromatic nitrogens is 2. The first-order valence-corrected chi connectivity index (χ1v) is 5.89. The number of aromatic carboxylic acids is 1. The number of carbonyl (C=O) groups is 1. The van der Waals surface area contributed by atoms with Crippen molar-refractivity contribution in [1.82, 2.24) is 9.78 Å². The molecule has 21 heavy (non-hydrogen) atoms. The lowest BCUT2D eigenvalue weighted by Gasteiger charge is -2.04. The Morgan fingerprint density at radius 1 is 1.38 bits per heavy atom. The maximum absolute atomic E-state index is 13.0. The van der Waals surface area contributed by atoms with Crippen molar-refractivity contribution < 1.29 is 27.5 Å². The molecule has 0 amide bonds. The number of halogens is 5. The Kier molecular flexibility index (Phi) is 3.91. The SMILES string of the molecule is O=C(O)c1c(C(F)(F)F)nn(Cc2cccc(F)c2)c1Cl. The van der Waals surface area contributed by atoms with Gasteiger partial charge in [0.15, 0.2) is 5.69 Å². The van der Waals surface area contributed by atoms with E-state index in [2.05, 4.69) is 5.10 Å². The minimum atomic E-state index is -4.95. The van der Waals surface area contributed by atoms with Crippen LogP contribution in [0, 0.1) is 5.82 Å². The summed E-state index contributed by atoms with van der Waals surface area (Å²) in [5.41, 5.74) is -2.41. The predicted octanol–water partition coefficient (Wildman–Crippen LogP) is 3.44. The van der Waals surface area contributed by atoms with Crippen LogP contribution >= 0.6 is 11.6 Å². The fraction of sp³-hybridized carbons (Fsp3) is 0.167. The quantitative estimate of drug-likeness (QED) is 0.881. The van der Waals surface area contributed by atoms with Crippen molar-refractivity contribution in [3.05, 3.63) is 52.1 Å². The van der Waals surface area contributed by atoms with Gasteiger partial charge in [-0.15, -0.1) is 0 Å². The molecule has 0 unspecified atom stereocenters. The van der Waals surface area contributed by atoms with E-state index in [-0.39, 0.29) is 6.54 Å². The van der Waals surface area contributed by atoms with Gasteiger partial charge in [-0.2, -0.15) is 18.3 Å². The first kappa shape index (κ1) is 15.3. The largest absolute Gasteiger partial charge is 0.478 e. The number of rotatable bonds is 3. The van der Waals surface area contributed by atoms with E-state index in [1.165, 1.54) is 12.1 Å². The zero-order valence-electron chi connectivity index (χ0n) is 10.2. The highest BCUT2D eigenvalue weighted by molar-refractivity contribution is 6.32. The molecule has 0 fully saturated rings. The maximum atomic E-state index is 13.0. The maximum Gasteiger partial charge on any atom is 0.436 e. The molecule has 0 atom stereocenters. The van der Waals surface area contributed by atoms with Crippen molar-refractivity contribution >= 4 is 17.6 Å². The van der Waals surface area contributed by atoms with Crippen LogP contribution in [0.15, 0.2) is 24.3 Å². The van der Waals surface area contributed by atoms with Gasteiger partial charge in [-0.05, 0) is 17.7 Å². The molecule has 112 valence electrons. The van der Waals surface area contributed by atoms with Crippen LogP contribution in [0.4, 0.5) is 17.6 Å². The minimum Gasteiger partial charge on any atom is -0.478 e. The molecule has 0 saturated heterocycles. The Bertz CT molecular complexity index is 697. The summed E-state index contributed by atoms with van der Waals surface area (Å²) in [6, 6.07) is 5.07. The Balaban J connectivity index is 2.48. The number of alkyl halides is 3. The minimum absolute atomic E-state index is 0.285. The molecule has 0 radical (unpaired) electrons. The Morgan fingerprint density at radius 2 is 2.05 bits per heavy atom. The van der Waals surface area contributed by atoms with Gasteiger partial charge in [0.2, 0.25) is 0 Å². The van der Waals surface area contributed by atoms with Crippen LogP contribution in [-0.4, -0.2) is 20.9 Å². The molecule has 1 N–H and O–H groups in total. The van der Waals surface area contributed by atoms with Crippen molar-refractivity contribution in [2.24, 2.45) is 0 Å². The number of hydrogen-bond acceptors (Lipinski definition) is 2. The second-order valence-corrected chi connectivity index (χ2v) is 4.46. The highest BCUT2D eigenvalue weighted by Crippen LogP contribution is 2.34. The third-order valence-electron chi connectivity index (χ3n) is 2.59. The van der Waals surface area contributed by atoms with Crippen LogP contribution in [0.1, 0.15) is 21.6 Å². The molecule has 2 aromatic rings. The van der Waals surface area contributed by atoms with E-state index < -0.39 is 34.4 Å². The fourth-order valence-corrected chi connectivity index (χ4v) is 2.01. The molecule has 2 rings (SSSR count). The molecular weight excluding hydrogens is 316 g/mol. The summed E-state index contributed by atoms with van der Waals surface area (Å²) in [7, 11) is 0. The summed E-state index contributed by atoms with van der Waals surface area (Å²) < 4.78 is 51.9. The summed E-state index contributed by atoms with van der Waals surface area (Å²) in [6.45, 7) is -0.285. The lowest BCUT2D eigenvalue weighted by Crippen LogP contribution is -2.12. The standard InChI is InChI=1S/C12H7ClF4N2O2/c13-10-8(11(20)21)9(12(15,16)17)18-19(10)5-6-2-1-3-7(14)4-6/h1-4H,5H2,(H,20,21). The molecule has 1 heterocycles. The Morgan fingerprint density at radius 3 is 2.52 bits per heavy atom. The van der Waals surface area contributed by atoms with Crippen molar-refractivity contribution in [3.8, 4) is 0 Å². The predicted molar refractivity (Wildman–Crippen MR) is 64.7 cm³/mol. The third kappa shape index (κ3) is 3.15. The average Bonchev–Trinajstić information content (AvgIpc) is 2.67. The van der Waals surface area contributed by atoms with Crippen molar-refractivity contribution in [2.45, 2.75) is 12.7 Å². The van der Waals surface area contributed by atoms with E-state index in [0.717, 1.165) is 12.1 Å². The Labute approximate surface area is 120 Å². The van der Waals surface area contributed by atoms with Gasteiger partial charge < -0.3 is 5.11 Å². The van der Waals surface area contributed by atoms with Crippen LogP contribution in [0.5, 0.6) is 0 Å². The van der Waals surface area contributed by atoms with Crippen LogP contribution in [0.25, 0.3) is 0 Å². The van der Waals surface area contributed by atoms with Gasteiger partial charge in [-0.3, -0.25) is 0 Å². The van der Waals surface area contributed by atoms with Crippen LogP contribution in [-0.2, 0) is 12.7 Å². The van der Waals surface area contributed by atoms with E-state index in [4.69, 9.17) is 16.7 Å². The van der Waals surface area contributed by atoms with Gasteiger partial charge in [0.1, 0.15) is 16.5 Å². The number of carboxylic acid groups (broad SMARTS) is 1. The first-order valence-electron chi connectivity index (χ1n) is 5.51. The van der Waals surface area contributed by atoms with Crippen molar-refractivity contribution in [1.29, 1.82) is 0 Å². The summed E-state index contributed by atoms with van der Waals surface area (Å²) >= 11 is 5.65. The molecule has 1 aromatic heterocycles. The van der Waals surface area contributed by atoms with Gasteiger partial charge in [-0.25, -0.2) is 13.9 Å². The highest BCUT2D eigenvalue weighted by atomic mass is 35.5. The van der Waals surface area contributed by atoms with Gasteiger partial charge >= 0.3 is 12.1 Å². The van der Waals surface area contributed by atoms with Crippen molar-refractivity contribution in [3.63, 3.8) is 0 Å². The molecule has 0 aliphatic carbocycles. The van der Waals surface area contributed by atoms with E-state index in [1.807, 2.05) is 0 Å². The zero-order valence-corrected chi connectivity index (χ0v) is 10.9. The highest BCUT2D eigenvalue weighted by Gasteiger charge is 2.41. The zero-order chi connectivity index (χ0) is 15.8. The van der Waals surface area contributed by atoms with E-state index in [1.54, 1.807) is 0 Å². The molecule has 9 heteroatoms. The molecule has 0 aliphatic heterocycles. The molecule has 1 aromatic carbocycles. The van der Waals surface area contributed by atoms with E-state index in [0.29, 0.717) is 10.2 Å². The van der Waals surface area contributed by atoms with E-state index in [9.17, 15) is 22.4 Å². The summed E-state index contributed by atoms with van der Waals surface area (Å²) in [5.74, 6) is -2.41. The van der Waals surface area contributed by atoms with Gasteiger partial charge in [0.05, 0.1) is 6.54 Å². The second-order valence-electron chi connectivity index (χ2n) is 4.10. The van der Waals surface area contributed by atoms with Gasteiger partial charge in [0, 0.05) is 0 Å². The number of carboxylic acids is 1. The first-order chi connectivity index (χ1) is 9.70. The molecule has 0 bridgehead atoms. The van der Waals surface area contributed by atoms with E-state index >= 15 is 0 Å². The third-order valence-corrected chi connectivity index (χ3v) is 2.98. The molecule has 0 aliphatic rings. The topological polar surface area (TPSA) is 55.1 Å². The summed E-state index contributed by atoms with van der Waals surface area (Å²) in [4.78, 5) is 10.9. The summed E-state index contributed by atoms with van der Waals surface area (Å²) in [6.07, 6.45) is -4.95. The number of nitrogens with zero attached hydrogens (tertiary/aromatic N) is 2. The smallest absolute Gasteiger partial charge is 0.436 e. The van der Waals surface area contributed by atoms with Crippen LogP contribution < -0.4 is 0 Å². The number of hydrogen-bond donors (Lipinski definition) is 1. The van der Waals surface area contributed by atoms with Gasteiger partial charge in [0.25, 0.3) is 0 Å². The normalized spacial score (nSPS) is 11.7. The van der Waals surface area contributed by atoms with Gasteiger partial charge in [-0.1, -0.05) is 23.7 Å². The monoisotopic (exact) mass is 322 g/mol. The van der Waals surface area contributed by atoms with Crippen LogP contribution in [0.3, 0.4) is 0 Å².